The van der Waals surface area contributed by atoms with E-state index in [9.17, 15) is 43.8 Å². The van der Waals surface area contributed by atoms with Crippen LogP contribution in [0.15, 0.2) is 58.7 Å². The number of halogens is 3. The van der Waals surface area contributed by atoms with Crippen molar-refractivity contribution in [3.63, 3.8) is 0 Å². The number of hydrogen-bond donors (Lipinski definition) is 0. The summed E-state index contributed by atoms with van der Waals surface area (Å²) in [6.45, 7) is 5.66. The predicted octanol–water partition coefficient (Wildman–Crippen LogP) is 9.78. The lowest BCUT2D eigenvalue weighted by Gasteiger charge is -2.28. The van der Waals surface area contributed by atoms with Crippen LogP contribution in [0.5, 0.6) is 0 Å². The standard InChI is InChI=1S/C40H21F3N4O2S2/c1-4-40(5-2)29-9-21(7-27-34(19(14-44)15-45)23-6-18(3)31(41)12-25(23)36(27)48)50-38(29)39-30(40)10-22(51-39)8-28-35(20(16-46)17-47)24-11-32(42)33(43)13-26(24)37(28)49/h6-13H,4-5H2,1-3H3/b27-7-,28-8-. The van der Waals surface area contributed by atoms with E-state index in [1.54, 1.807) is 31.2 Å². The predicted molar refractivity (Wildman–Crippen MR) is 187 cm³/mol. The van der Waals surface area contributed by atoms with Gasteiger partial charge < -0.3 is 0 Å². The van der Waals surface area contributed by atoms with Gasteiger partial charge >= 0.3 is 0 Å². The molecule has 51 heavy (non-hydrogen) atoms. The van der Waals surface area contributed by atoms with Gasteiger partial charge in [0.1, 0.15) is 41.2 Å². The van der Waals surface area contributed by atoms with Crippen LogP contribution < -0.4 is 0 Å². The molecule has 0 saturated heterocycles. The summed E-state index contributed by atoms with van der Waals surface area (Å²) in [5, 5.41) is 39.0. The normalized spacial score (nSPS) is 16.4. The van der Waals surface area contributed by atoms with E-state index in [-0.39, 0.29) is 50.1 Å². The van der Waals surface area contributed by atoms with E-state index < -0.39 is 40.0 Å². The minimum Gasteiger partial charge on any atom is -0.289 e. The SMILES string of the molecule is CCC1(CC)c2cc(/C=C3\C(=O)c4cc(F)c(C)cc4C3=C(C#N)C#N)sc2-c2sc(/C=C3\C(=O)c4cc(F)c(F)cc4C3=C(C#N)C#N)cc21. The number of nitrogens with zero attached hydrogens (tertiary/aromatic N) is 4. The van der Waals surface area contributed by atoms with E-state index in [0.717, 1.165) is 39.1 Å². The molecule has 3 aliphatic carbocycles. The van der Waals surface area contributed by atoms with Gasteiger partial charge in [-0.15, -0.1) is 22.7 Å². The van der Waals surface area contributed by atoms with Crippen LogP contribution in [0.4, 0.5) is 13.2 Å². The largest absolute Gasteiger partial charge is 0.289 e. The topological polar surface area (TPSA) is 129 Å². The summed E-state index contributed by atoms with van der Waals surface area (Å²) >= 11 is 2.80. The van der Waals surface area contributed by atoms with Gasteiger partial charge in [-0.05, 0) is 96.1 Å². The minimum atomic E-state index is -1.22. The number of Topliss-reactive ketones (excluding diaryl/α,β-unsaturated/α-hetero) is 2. The third-order valence-corrected chi connectivity index (χ3v) is 12.2. The summed E-state index contributed by atoms with van der Waals surface area (Å²) < 4.78 is 43.1. The number of benzene rings is 2. The second kappa shape index (κ2) is 12.0. The van der Waals surface area contributed by atoms with Crippen molar-refractivity contribution in [1.82, 2.24) is 0 Å². The molecule has 0 saturated carbocycles. The van der Waals surface area contributed by atoms with Crippen LogP contribution in [0.2, 0.25) is 0 Å². The number of carbonyl (C=O) groups is 2. The molecule has 11 heteroatoms. The van der Waals surface area contributed by atoms with Gasteiger partial charge in [0, 0.05) is 58.3 Å². The van der Waals surface area contributed by atoms with Crippen molar-refractivity contribution >= 4 is 57.5 Å². The first-order chi connectivity index (χ1) is 24.5. The lowest BCUT2D eigenvalue weighted by Crippen LogP contribution is -2.22. The molecule has 6 nitrogen and oxygen atoms in total. The average Bonchev–Trinajstić information content (AvgIpc) is 3.89. The molecule has 0 unspecified atom stereocenters. The zero-order chi connectivity index (χ0) is 36.5. The van der Waals surface area contributed by atoms with Crippen molar-refractivity contribution in [2.24, 2.45) is 0 Å². The average molecular weight is 711 g/mol. The molecule has 0 radical (unpaired) electrons. The monoisotopic (exact) mass is 710 g/mol. The highest BCUT2D eigenvalue weighted by molar-refractivity contribution is 7.23. The van der Waals surface area contributed by atoms with Crippen LogP contribution in [-0.2, 0) is 5.41 Å². The third-order valence-electron chi connectivity index (χ3n) is 9.88. The fourth-order valence-electron chi connectivity index (χ4n) is 7.36. The number of rotatable bonds is 4. The van der Waals surface area contributed by atoms with Gasteiger partial charge in [0.25, 0.3) is 0 Å². The summed E-state index contributed by atoms with van der Waals surface area (Å²) in [6, 6.07) is 15.5. The van der Waals surface area contributed by atoms with E-state index in [4.69, 9.17) is 0 Å². The van der Waals surface area contributed by atoms with Gasteiger partial charge in [-0.2, -0.15) is 21.0 Å². The molecule has 2 heterocycles. The highest BCUT2D eigenvalue weighted by Gasteiger charge is 2.44. The van der Waals surface area contributed by atoms with Crippen LogP contribution in [0.25, 0.3) is 33.1 Å². The molecule has 2 aromatic heterocycles. The molecule has 4 aromatic rings. The Kier molecular flexibility index (Phi) is 7.88. The fourth-order valence-corrected chi connectivity index (χ4v) is 9.93. The summed E-state index contributed by atoms with van der Waals surface area (Å²) in [5.74, 6) is -4.11. The van der Waals surface area contributed by atoms with Gasteiger partial charge in [-0.25, -0.2) is 13.2 Å². The van der Waals surface area contributed by atoms with E-state index in [2.05, 4.69) is 13.8 Å². The van der Waals surface area contributed by atoms with Crippen molar-refractivity contribution in [2.45, 2.75) is 39.0 Å². The Labute approximate surface area is 298 Å². The molecular formula is C40H21F3N4O2S2. The lowest BCUT2D eigenvalue weighted by atomic mass is 9.75. The number of ketones is 2. The fraction of sp³-hybridized carbons (Fsp3) is 0.150. The van der Waals surface area contributed by atoms with E-state index in [1.807, 2.05) is 24.3 Å². The Balaban J connectivity index is 1.38. The molecule has 0 bridgehead atoms. The van der Waals surface area contributed by atoms with Gasteiger partial charge in [0.15, 0.2) is 23.2 Å². The molecule has 0 aliphatic heterocycles. The zero-order valence-electron chi connectivity index (χ0n) is 27.1. The maximum Gasteiger partial charge on any atom is 0.194 e. The van der Waals surface area contributed by atoms with Gasteiger partial charge in [0.05, 0.1) is 0 Å². The Morgan fingerprint density at radius 3 is 1.45 bits per heavy atom. The van der Waals surface area contributed by atoms with E-state index in [0.29, 0.717) is 28.2 Å². The van der Waals surface area contributed by atoms with Gasteiger partial charge in [-0.3, -0.25) is 9.59 Å². The molecule has 2 aromatic carbocycles. The van der Waals surface area contributed by atoms with Crippen molar-refractivity contribution in [1.29, 1.82) is 21.0 Å². The molecule has 0 fully saturated rings. The summed E-state index contributed by atoms with van der Waals surface area (Å²) in [7, 11) is 0. The van der Waals surface area contributed by atoms with Gasteiger partial charge in [0.2, 0.25) is 0 Å². The van der Waals surface area contributed by atoms with Crippen molar-refractivity contribution in [3.05, 3.63) is 125 Å². The molecule has 7 rings (SSSR count). The van der Waals surface area contributed by atoms with Crippen LogP contribution in [0.1, 0.15) is 85.0 Å². The Hall–Kier alpha value is -6.11. The van der Waals surface area contributed by atoms with Crippen molar-refractivity contribution in [2.75, 3.05) is 0 Å². The van der Waals surface area contributed by atoms with Crippen LogP contribution in [-0.4, -0.2) is 11.6 Å². The number of allylic oxidation sites excluding steroid dienone is 6. The summed E-state index contributed by atoms with van der Waals surface area (Å²) in [6.07, 6.45) is 4.59. The third kappa shape index (κ3) is 4.71. The maximum atomic E-state index is 14.6. The first-order valence-electron chi connectivity index (χ1n) is 15.7. The molecule has 246 valence electrons. The quantitative estimate of drug-likeness (QED) is 0.153. The highest BCUT2D eigenvalue weighted by atomic mass is 32.1. The number of hydrogen-bond acceptors (Lipinski definition) is 8. The Bertz CT molecular complexity index is 2430. The second-order valence-electron chi connectivity index (χ2n) is 12.3. The van der Waals surface area contributed by atoms with Gasteiger partial charge in [-0.1, -0.05) is 13.8 Å². The van der Waals surface area contributed by atoms with Crippen LogP contribution in [0, 0.1) is 69.7 Å². The number of carbonyl (C=O) groups excluding carboxylic acids is 2. The molecular weight excluding hydrogens is 690 g/mol. The molecule has 0 atom stereocenters. The number of fused-ring (bicyclic) bond motifs is 5. The zero-order valence-corrected chi connectivity index (χ0v) is 28.7. The Morgan fingerprint density at radius 1 is 0.647 bits per heavy atom. The van der Waals surface area contributed by atoms with E-state index >= 15 is 0 Å². The summed E-state index contributed by atoms with van der Waals surface area (Å²) in [4.78, 5) is 30.4. The molecule has 0 N–H and O–H groups in total. The second-order valence-corrected chi connectivity index (χ2v) is 14.4. The molecule has 0 amide bonds. The number of thiophene rings is 2. The van der Waals surface area contributed by atoms with Crippen molar-refractivity contribution in [3.8, 4) is 34.0 Å². The Morgan fingerprint density at radius 2 is 1.04 bits per heavy atom. The first kappa shape index (κ1) is 33.4. The smallest absolute Gasteiger partial charge is 0.194 e. The minimum absolute atomic E-state index is 0.0143. The number of aryl methyl sites for hydroxylation is 1. The molecule has 0 spiro atoms. The molecule has 3 aliphatic rings. The van der Waals surface area contributed by atoms with Crippen molar-refractivity contribution < 1.29 is 22.8 Å². The van der Waals surface area contributed by atoms with Crippen LogP contribution >= 0.6 is 22.7 Å². The lowest BCUT2D eigenvalue weighted by molar-refractivity contribution is 0.103. The number of nitriles is 4. The highest BCUT2D eigenvalue weighted by Crippen LogP contribution is 2.59. The maximum absolute atomic E-state index is 14.6. The van der Waals surface area contributed by atoms with E-state index in [1.165, 1.54) is 28.7 Å². The van der Waals surface area contributed by atoms with Crippen LogP contribution in [0.3, 0.4) is 0 Å². The first-order valence-corrected chi connectivity index (χ1v) is 17.3. The summed E-state index contributed by atoms with van der Waals surface area (Å²) in [5.41, 5.74) is 1.72.